The number of carbonyl (C=O) groups excluding carboxylic acids is 3. The number of hydrogen-bond donors (Lipinski definition) is 0. The lowest BCUT2D eigenvalue weighted by molar-refractivity contribution is -0.154. The Morgan fingerprint density at radius 3 is 0.929 bits per heavy atom. The highest BCUT2D eigenvalue weighted by Crippen LogP contribution is 2.39. The van der Waals surface area contributed by atoms with Crippen LogP contribution < -0.4 is 0 Å². The average Bonchev–Trinajstić information content (AvgIpc) is 3.09. The molecule has 0 N–H and O–H groups in total. The topological polar surface area (TPSA) is 88.1 Å². The smallest absolute Gasteiger partial charge is 0.308 e. The zero-order valence-corrected chi connectivity index (χ0v) is 41.3. The molecular formula is C47H94O7Si2. The average molecular weight is 827 g/mol. The molecule has 0 aliphatic carbocycles. The van der Waals surface area contributed by atoms with Gasteiger partial charge in [-0.3, -0.25) is 14.4 Å². The maximum atomic E-state index is 13.0. The van der Waals surface area contributed by atoms with Gasteiger partial charge < -0.3 is 18.3 Å². The van der Waals surface area contributed by atoms with Crippen molar-refractivity contribution in [1.29, 1.82) is 0 Å². The summed E-state index contributed by atoms with van der Waals surface area (Å²) in [4.78, 5) is 38.7. The van der Waals surface area contributed by atoms with Gasteiger partial charge in [0.1, 0.15) is 0 Å². The highest BCUT2D eigenvalue weighted by Gasteiger charge is 2.40. The first-order valence-corrected chi connectivity index (χ1v) is 29.3. The van der Waals surface area contributed by atoms with E-state index in [2.05, 4.69) is 81.6 Å². The molecule has 0 spiro atoms. The Kier molecular flexibility index (Phi) is 30.4. The van der Waals surface area contributed by atoms with E-state index >= 15 is 0 Å². The summed E-state index contributed by atoms with van der Waals surface area (Å²) in [6.45, 7) is 25.8. The predicted molar refractivity (Wildman–Crippen MR) is 242 cm³/mol. The van der Waals surface area contributed by atoms with Gasteiger partial charge in [0.25, 0.3) is 0 Å². The van der Waals surface area contributed by atoms with Gasteiger partial charge in [-0.05, 0) is 49.1 Å². The van der Waals surface area contributed by atoms with Crippen molar-refractivity contribution in [2.24, 2.45) is 0 Å². The maximum Gasteiger partial charge on any atom is 0.308 e. The van der Waals surface area contributed by atoms with Crippen molar-refractivity contribution in [3.63, 3.8) is 0 Å². The van der Waals surface area contributed by atoms with Crippen molar-refractivity contribution in [2.45, 2.75) is 271 Å². The Morgan fingerprint density at radius 2 is 0.679 bits per heavy atom. The van der Waals surface area contributed by atoms with E-state index in [0.717, 1.165) is 38.5 Å². The van der Waals surface area contributed by atoms with E-state index < -0.39 is 47.6 Å². The van der Waals surface area contributed by atoms with Crippen LogP contribution in [0, 0.1) is 0 Å². The minimum atomic E-state index is -2.11. The summed E-state index contributed by atoms with van der Waals surface area (Å²) in [5.41, 5.74) is 0. The lowest BCUT2D eigenvalue weighted by Gasteiger charge is -2.39. The number of rotatable bonds is 36. The second-order valence-corrected chi connectivity index (χ2v) is 29.4. The zero-order valence-electron chi connectivity index (χ0n) is 39.3. The third-order valence-corrected chi connectivity index (χ3v) is 21.4. The van der Waals surface area contributed by atoms with Crippen molar-refractivity contribution < 1.29 is 32.7 Å². The van der Waals surface area contributed by atoms with E-state index in [1.165, 1.54) is 116 Å². The summed E-state index contributed by atoms with van der Waals surface area (Å²) in [7, 11) is -4.22. The van der Waals surface area contributed by atoms with E-state index in [-0.39, 0.29) is 35.1 Å². The van der Waals surface area contributed by atoms with Gasteiger partial charge in [0.15, 0.2) is 29.8 Å². The number of ketones is 1. The molecular weight excluding hydrogens is 733 g/mol. The molecule has 0 saturated heterocycles. The third-order valence-electron chi connectivity index (χ3n) is 12.4. The van der Waals surface area contributed by atoms with Gasteiger partial charge in [-0.2, -0.15) is 0 Å². The normalized spacial score (nSPS) is 13.8. The van der Waals surface area contributed by atoms with Gasteiger partial charge in [-0.1, -0.05) is 197 Å². The summed E-state index contributed by atoms with van der Waals surface area (Å²) in [5, 5.41) is 0.0433. The third kappa shape index (κ3) is 28.4. The Bertz CT molecular complexity index is 937. The molecule has 0 radical (unpaired) electrons. The highest BCUT2D eigenvalue weighted by atomic mass is 28.4. The van der Waals surface area contributed by atoms with Crippen LogP contribution in [-0.4, -0.2) is 59.8 Å². The molecule has 332 valence electrons. The second-order valence-electron chi connectivity index (χ2n) is 19.9. The van der Waals surface area contributed by atoms with E-state index in [1.54, 1.807) is 0 Å². The molecule has 0 unspecified atom stereocenters. The van der Waals surface area contributed by atoms with Crippen molar-refractivity contribution >= 4 is 34.4 Å². The van der Waals surface area contributed by atoms with Crippen LogP contribution >= 0.6 is 0 Å². The molecule has 0 aliphatic rings. The van der Waals surface area contributed by atoms with E-state index in [0.29, 0.717) is 0 Å². The Balaban J connectivity index is 4.86. The van der Waals surface area contributed by atoms with Gasteiger partial charge in [-0.15, -0.1) is 0 Å². The van der Waals surface area contributed by atoms with Crippen LogP contribution in [0.4, 0.5) is 0 Å². The molecule has 0 saturated carbocycles. The molecule has 0 heterocycles. The monoisotopic (exact) mass is 827 g/mol. The first kappa shape index (κ1) is 55.0. The van der Waals surface area contributed by atoms with E-state index in [9.17, 15) is 14.4 Å². The van der Waals surface area contributed by atoms with Gasteiger partial charge in [0, 0.05) is 0 Å². The van der Waals surface area contributed by atoms with E-state index in [1.807, 2.05) is 0 Å². The number of ether oxygens (including phenoxy) is 2. The standard InChI is InChI=1S/C47H94O7Si2/c1-13-15-17-19-21-23-25-27-29-31-33-35-42(53-55(9,10)46(3,4)5)37-44(49)51-39-41(48)40-52-45(50)38-43(54-56(11,12)47(6,7)8)36-34-32-30-28-26-24-22-20-18-16-14-2/h42-43H,13-40H2,1-12H3/t42-,43-/m1/s1. The van der Waals surface area contributed by atoms with Crippen LogP contribution in [0.3, 0.4) is 0 Å². The molecule has 0 rings (SSSR count). The van der Waals surface area contributed by atoms with Crippen LogP contribution in [0.25, 0.3) is 0 Å². The highest BCUT2D eigenvalue weighted by molar-refractivity contribution is 6.74. The van der Waals surface area contributed by atoms with Gasteiger partial charge in [0.2, 0.25) is 5.78 Å². The largest absolute Gasteiger partial charge is 0.457 e. The molecule has 2 atom stereocenters. The van der Waals surface area contributed by atoms with Crippen LogP contribution in [0.5, 0.6) is 0 Å². The lowest BCUT2D eigenvalue weighted by atomic mass is 10.0. The molecule has 0 bridgehead atoms. The molecule has 7 nitrogen and oxygen atoms in total. The molecule has 0 amide bonds. The molecule has 0 aromatic rings. The Morgan fingerprint density at radius 1 is 0.429 bits per heavy atom. The fourth-order valence-electron chi connectivity index (χ4n) is 6.52. The number of esters is 2. The summed E-state index contributed by atoms with van der Waals surface area (Å²) < 4.78 is 24.2. The maximum absolute atomic E-state index is 13.0. The summed E-state index contributed by atoms with van der Waals surface area (Å²) in [6.07, 6.45) is 29.4. The minimum Gasteiger partial charge on any atom is -0.457 e. The number of carbonyl (C=O) groups is 3. The number of Topliss-reactive ketones (excluding diaryl/α,β-unsaturated/α-hetero) is 1. The number of unbranched alkanes of at least 4 members (excludes halogenated alkanes) is 20. The molecule has 9 heteroatoms. The minimum absolute atomic E-state index is 0.0216. The van der Waals surface area contributed by atoms with Gasteiger partial charge in [0.05, 0.1) is 25.0 Å². The fraction of sp³-hybridized carbons (Fsp3) is 0.936. The summed E-state index contributed by atoms with van der Waals surface area (Å²) in [6, 6.07) is 0. The quantitative estimate of drug-likeness (QED) is 0.0353. The van der Waals surface area contributed by atoms with Crippen molar-refractivity contribution in [2.75, 3.05) is 13.2 Å². The van der Waals surface area contributed by atoms with Crippen molar-refractivity contribution in [3.8, 4) is 0 Å². The fourth-order valence-corrected chi connectivity index (χ4v) is 9.29. The Labute approximate surface area is 349 Å². The molecule has 0 aromatic carbocycles. The van der Waals surface area contributed by atoms with Crippen LogP contribution in [0.15, 0.2) is 0 Å². The molecule has 0 aliphatic heterocycles. The summed E-state index contributed by atoms with van der Waals surface area (Å²) >= 11 is 0. The predicted octanol–water partition coefficient (Wildman–Crippen LogP) is 14.6. The van der Waals surface area contributed by atoms with E-state index in [4.69, 9.17) is 18.3 Å². The van der Waals surface area contributed by atoms with Crippen molar-refractivity contribution in [1.82, 2.24) is 0 Å². The summed E-state index contributed by atoms with van der Waals surface area (Å²) in [5.74, 6) is -1.30. The SMILES string of the molecule is CCCCCCCCCCCCC[C@H](CC(=O)OCC(=O)COC(=O)C[C@@H](CCCCCCCCCCCCC)O[Si](C)(C)C(C)(C)C)O[Si](C)(C)C(C)(C)C. The van der Waals surface area contributed by atoms with Crippen LogP contribution in [0.1, 0.15) is 222 Å². The molecule has 56 heavy (non-hydrogen) atoms. The van der Waals surface area contributed by atoms with Crippen LogP contribution in [-0.2, 0) is 32.7 Å². The van der Waals surface area contributed by atoms with Crippen LogP contribution in [0.2, 0.25) is 36.3 Å². The second kappa shape index (κ2) is 30.9. The van der Waals surface area contributed by atoms with Gasteiger partial charge >= 0.3 is 11.9 Å². The molecule has 0 fully saturated rings. The Hall–Kier alpha value is -1.04. The van der Waals surface area contributed by atoms with Crippen molar-refractivity contribution in [3.05, 3.63) is 0 Å². The first-order chi connectivity index (χ1) is 26.3. The number of hydrogen-bond acceptors (Lipinski definition) is 7. The van der Waals surface area contributed by atoms with Gasteiger partial charge in [-0.25, -0.2) is 0 Å². The molecule has 0 aromatic heterocycles. The lowest BCUT2D eigenvalue weighted by Crippen LogP contribution is -2.44. The first-order valence-electron chi connectivity index (χ1n) is 23.4. The zero-order chi connectivity index (χ0) is 42.5.